The number of likely N-dealkylation sites (tertiary alicyclic amines) is 1. The highest BCUT2D eigenvalue weighted by atomic mass is 16.5. The molecule has 5 nitrogen and oxygen atoms in total. The van der Waals surface area contributed by atoms with Crippen LogP contribution < -0.4 is 18.9 Å². The van der Waals surface area contributed by atoms with Gasteiger partial charge in [-0.2, -0.15) is 0 Å². The fraction of sp³-hybridized carbons (Fsp3) is 0.417. The van der Waals surface area contributed by atoms with Gasteiger partial charge in [0.25, 0.3) is 0 Å². The number of fused-ring (bicyclic) bond motifs is 3. The Morgan fingerprint density at radius 2 is 1.31 bits per heavy atom. The lowest BCUT2D eigenvalue weighted by Crippen LogP contribution is -2.26. The molecule has 0 aliphatic carbocycles. The summed E-state index contributed by atoms with van der Waals surface area (Å²) in [5.41, 5.74) is 1.29. The van der Waals surface area contributed by atoms with Crippen LogP contribution in [0.5, 0.6) is 23.0 Å². The zero-order valence-electron chi connectivity index (χ0n) is 17.9. The first-order valence-corrected chi connectivity index (χ1v) is 10.1. The summed E-state index contributed by atoms with van der Waals surface area (Å²) in [6.45, 7) is 4.37. The number of nitrogens with zero attached hydrogens (tertiary/aromatic N) is 1. The highest BCUT2D eigenvalue weighted by molar-refractivity contribution is 6.11. The lowest BCUT2D eigenvalue weighted by atomic mass is 9.95. The maximum absolute atomic E-state index is 5.60. The van der Waals surface area contributed by atoms with E-state index >= 15 is 0 Å². The molecule has 3 aromatic carbocycles. The Kier molecular flexibility index (Phi) is 5.41. The molecule has 0 amide bonds. The minimum Gasteiger partial charge on any atom is -0.493 e. The molecular formula is C24H29NO4. The average molecular weight is 395 g/mol. The summed E-state index contributed by atoms with van der Waals surface area (Å²) in [6, 6.07) is 11.1. The van der Waals surface area contributed by atoms with Gasteiger partial charge in [0.15, 0.2) is 23.0 Å². The van der Waals surface area contributed by atoms with E-state index < -0.39 is 0 Å². The molecule has 1 aliphatic heterocycles. The van der Waals surface area contributed by atoms with Gasteiger partial charge in [-0.3, -0.25) is 4.90 Å². The number of rotatable bonds is 6. The summed E-state index contributed by atoms with van der Waals surface area (Å²) in [6.07, 6.45) is 2.52. The van der Waals surface area contributed by atoms with Gasteiger partial charge in [-0.1, -0.05) is 0 Å². The quantitative estimate of drug-likeness (QED) is 0.549. The van der Waals surface area contributed by atoms with Gasteiger partial charge >= 0.3 is 0 Å². The highest BCUT2D eigenvalue weighted by Gasteiger charge is 2.22. The average Bonchev–Trinajstić information content (AvgIpc) is 3.16. The van der Waals surface area contributed by atoms with E-state index in [4.69, 9.17) is 18.9 Å². The molecule has 29 heavy (non-hydrogen) atoms. The van der Waals surface area contributed by atoms with Crippen LogP contribution >= 0.6 is 0 Å². The van der Waals surface area contributed by atoms with E-state index in [1.807, 2.05) is 6.07 Å². The molecule has 154 valence electrons. The molecule has 3 aromatic rings. The van der Waals surface area contributed by atoms with Crippen molar-refractivity contribution in [1.82, 2.24) is 4.90 Å². The monoisotopic (exact) mass is 395 g/mol. The number of hydrogen-bond acceptors (Lipinski definition) is 5. The molecule has 1 atom stereocenters. The largest absolute Gasteiger partial charge is 0.493 e. The molecule has 0 unspecified atom stereocenters. The summed E-state index contributed by atoms with van der Waals surface area (Å²) in [4.78, 5) is 2.55. The van der Waals surface area contributed by atoms with Crippen LogP contribution in [0, 0.1) is 0 Å². The van der Waals surface area contributed by atoms with Crippen LogP contribution in [0.1, 0.15) is 25.3 Å². The van der Waals surface area contributed by atoms with E-state index in [2.05, 4.69) is 36.1 Å². The van der Waals surface area contributed by atoms with E-state index in [1.54, 1.807) is 28.4 Å². The molecular weight excluding hydrogens is 366 g/mol. The molecule has 5 heteroatoms. The Balaban J connectivity index is 2.00. The molecule has 0 aromatic heterocycles. The minimum absolute atomic E-state index is 0.603. The first-order chi connectivity index (χ1) is 14.1. The van der Waals surface area contributed by atoms with Crippen LogP contribution in [0.25, 0.3) is 21.5 Å². The van der Waals surface area contributed by atoms with E-state index in [1.165, 1.54) is 23.8 Å². The van der Waals surface area contributed by atoms with Crippen molar-refractivity contribution in [2.75, 3.05) is 35.0 Å². The van der Waals surface area contributed by atoms with E-state index in [-0.39, 0.29) is 0 Å². The number of hydrogen-bond donors (Lipinski definition) is 0. The van der Waals surface area contributed by atoms with E-state index in [9.17, 15) is 0 Å². The molecule has 0 spiro atoms. The fourth-order valence-electron chi connectivity index (χ4n) is 4.46. The topological polar surface area (TPSA) is 40.2 Å². The molecule has 0 saturated carbocycles. The minimum atomic E-state index is 0.603. The van der Waals surface area contributed by atoms with Crippen molar-refractivity contribution in [2.24, 2.45) is 0 Å². The van der Waals surface area contributed by atoms with Gasteiger partial charge < -0.3 is 18.9 Å². The van der Waals surface area contributed by atoms with E-state index in [0.29, 0.717) is 6.04 Å². The maximum atomic E-state index is 5.60. The zero-order chi connectivity index (χ0) is 20.5. The normalized spacial score (nSPS) is 17.1. The standard InChI is InChI=1S/C24H29NO4/c1-15-7-6-8-25(15)14-17-9-16-10-21(26-2)22(27-3)11-18(16)20-13-24(29-5)23(28-4)12-19(17)20/h9-13,15H,6-8,14H2,1-5H3/t15-/m1/s1. The predicted octanol–water partition coefficient (Wildman–Crippen LogP) is 5.01. The molecule has 0 radical (unpaired) electrons. The smallest absolute Gasteiger partial charge is 0.161 e. The Hall–Kier alpha value is -2.66. The SMILES string of the molecule is COc1cc2cc(CN3CCC[C@H]3C)c3cc(OC)c(OC)cc3c2cc1OC. The van der Waals surface area contributed by atoms with Gasteiger partial charge in [-0.25, -0.2) is 0 Å². The zero-order valence-corrected chi connectivity index (χ0v) is 17.9. The second-order valence-corrected chi connectivity index (χ2v) is 7.68. The summed E-state index contributed by atoms with van der Waals surface area (Å²) in [5, 5.41) is 4.55. The Morgan fingerprint density at radius 3 is 1.86 bits per heavy atom. The van der Waals surface area contributed by atoms with Gasteiger partial charge in [0, 0.05) is 12.6 Å². The molecule has 1 saturated heterocycles. The van der Waals surface area contributed by atoms with Gasteiger partial charge in [0.1, 0.15) is 0 Å². The first-order valence-electron chi connectivity index (χ1n) is 10.1. The van der Waals surface area contributed by atoms with Gasteiger partial charge in [-0.15, -0.1) is 0 Å². The van der Waals surface area contributed by atoms with Crippen LogP contribution in [0.4, 0.5) is 0 Å². The summed E-state index contributed by atoms with van der Waals surface area (Å²) in [7, 11) is 6.69. The van der Waals surface area contributed by atoms with Crippen LogP contribution in [-0.2, 0) is 6.54 Å². The molecule has 0 N–H and O–H groups in total. The van der Waals surface area contributed by atoms with Crippen LogP contribution in [0.3, 0.4) is 0 Å². The third kappa shape index (κ3) is 3.44. The first kappa shape index (κ1) is 19.6. The second kappa shape index (κ2) is 7.99. The van der Waals surface area contributed by atoms with Crippen LogP contribution in [0.2, 0.25) is 0 Å². The summed E-state index contributed by atoms with van der Waals surface area (Å²) >= 11 is 0. The molecule has 1 fully saturated rings. The van der Waals surface area contributed by atoms with Crippen molar-refractivity contribution in [1.29, 1.82) is 0 Å². The van der Waals surface area contributed by atoms with Gasteiger partial charge in [0.05, 0.1) is 28.4 Å². The van der Waals surface area contributed by atoms with Crippen molar-refractivity contribution in [3.05, 3.63) is 35.9 Å². The summed E-state index contributed by atoms with van der Waals surface area (Å²) in [5.74, 6) is 2.93. The Morgan fingerprint density at radius 1 is 0.759 bits per heavy atom. The fourth-order valence-corrected chi connectivity index (χ4v) is 4.46. The second-order valence-electron chi connectivity index (χ2n) is 7.68. The number of methoxy groups -OCH3 is 4. The van der Waals surface area contributed by atoms with Gasteiger partial charge in [0.2, 0.25) is 0 Å². The molecule has 1 heterocycles. The van der Waals surface area contributed by atoms with Gasteiger partial charge in [-0.05, 0) is 83.8 Å². The molecule has 4 rings (SSSR count). The van der Waals surface area contributed by atoms with Crippen molar-refractivity contribution in [2.45, 2.75) is 32.4 Å². The number of ether oxygens (including phenoxy) is 4. The lowest BCUT2D eigenvalue weighted by Gasteiger charge is -2.23. The Labute approximate surface area is 172 Å². The van der Waals surface area contributed by atoms with Crippen LogP contribution in [-0.4, -0.2) is 45.9 Å². The highest BCUT2D eigenvalue weighted by Crippen LogP contribution is 2.41. The summed E-state index contributed by atoms with van der Waals surface area (Å²) < 4.78 is 22.3. The third-order valence-electron chi connectivity index (χ3n) is 6.11. The Bertz CT molecular complexity index is 1050. The third-order valence-corrected chi connectivity index (χ3v) is 6.11. The predicted molar refractivity (Wildman–Crippen MR) is 117 cm³/mol. The molecule has 1 aliphatic rings. The van der Waals surface area contributed by atoms with Crippen molar-refractivity contribution < 1.29 is 18.9 Å². The van der Waals surface area contributed by atoms with Crippen molar-refractivity contribution >= 4 is 21.5 Å². The molecule has 0 bridgehead atoms. The van der Waals surface area contributed by atoms with Crippen molar-refractivity contribution in [3.63, 3.8) is 0 Å². The van der Waals surface area contributed by atoms with E-state index in [0.717, 1.165) is 52.2 Å². The maximum Gasteiger partial charge on any atom is 0.161 e. The van der Waals surface area contributed by atoms with Crippen molar-refractivity contribution in [3.8, 4) is 23.0 Å². The lowest BCUT2D eigenvalue weighted by molar-refractivity contribution is 0.261. The number of benzene rings is 3. The van der Waals surface area contributed by atoms with Crippen LogP contribution in [0.15, 0.2) is 30.3 Å².